The molecule has 2 aliphatic rings. The van der Waals surface area contributed by atoms with Crippen molar-refractivity contribution < 1.29 is 4.79 Å². The molecule has 2 saturated heterocycles. The lowest BCUT2D eigenvalue weighted by molar-refractivity contribution is 0.0328. The largest absolute Gasteiger partial charge is 0.334 e. The summed E-state index contributed by atoms with van der Waals surface area (Å²) in [6, 6.07) is 12.5. The van der Waals surface area contributed by atoms with Crippen LogP contribution in [0.3, 0.4) is 0 Å². The second kappa shape index (κ2) is 4.72. The van der Waals surface area contributed by atoms with Crippen LogP contribution in [0, 0.1) is 5.92 Å². The minimum atomic E-state index is 0.180. The van der Waals surface area contributed by atoms with Gasteiger partial charge in [-0.25, -0.2) is 0 Å². The Morgan fingerprint density at radius 1 is 1.20 bits per heavy atom. The Labute approximate surface area is 122 Å². The van der Waals surface area contributed by atoms with Gasteiger partial charge in [-0.15, -0.1) is 11.3 Å². The molecule has 1 aromatic carbocycles. The summed E-state index contributed by atoms with van der Waals surface area (Å²) >= 11 is 1.68. The van der Waals surface area contributed by atoms with E-state index in [0.29, 0.717) is 12.0 Å². The fourth-order valence-electron chi connectivity index (χ4n) is 3.22. The molecule has 2 aromatic rings. The molecule has 2 atom stereocenters. The van der Waals surface area contributed by atoms with Crippen molar-refractivity contribution in [3.8, 4) is 10.4 Å². The number of fused-ring (bicyclic) bond motifs is 1. The molecule has 0 spiro atoms. The summed E-state index contributed by atoms with van der Waals surface area (Å²) < 4.78 is 0. The number of hydrogen-bond donors (Lipinski definition) is 1. The molecule has 1 amide bonds. The Bertz CT molecular complexity index is 638. The molecule has 1 aromatic heterocycles. The number of likely N-dealkylation sites (tertiary alicyclic amines) is 1. The Hall–Kier alpha value is -1.65. The molecule has 2 unspecified atom stereocenters. The lowest BCUT2D eigenvalue weighted by Gasteiger charge is -2.44. The monoisotopic (exact) mass is 284 g/mol. The first kappa shape index (κ1) is 12.1. The highest BCUT2D eigenvalue weighted by molar-refractivity contribution is 7.13. The summed E-state index contributed by atoms with van der Waals surface area (Å²) in [6.45, 7) is 2.90. The molecule has 0 bridgehead atoms. The zero-order chi connectivity index (χ0) is 13.5. The molecule has 1 N–H and O–H groups in total. The van der Waals surface area contributed by atoms with Crippen molar-refractivity contribution in [1.29, 1.82) is 0 Å². The van der Waals surface area contributed by atoms with Gasteiger partial charge in [0.1, 0.15) is 0 Å². The number of carbonyl (C=O) groups excluding carboxylic acids is 1. The number of carbonyl (C=O) groups is 1. The number of amides is 1. The highest BCUT2D eigenvalue weighted by Crippen LogP contribution is 2.33. The molecule has 3 nitrogen and oxygen atoms in total. The SMILES string of the molecule is O=C(c1ccccc1-c1cccs1)N1CC2CNCC21. The molecule has 4 rings (SSSR count). The molecule has 102 valence electrons. The van der Waals surface area contributed by atoms with E-state index in [1.165, 1.54) is 0 Å². The van der Waals surface area contributed by atoms with Gasteiger partial charge in [0.25, 0.3) is 5.91 Å². The molecule has 2 aliphatic heterocycles. The average molecular weight is 284 g/mol. The summed E-state index contributed by atoms with van der Waals surface area (Å²) in [5.41, 5.74) is 1.89. The molecular weight excluding hydrogens is 268 g/mol. The van der Waals surface area contributed by atoms with E-state index in [1.807, 2.05) is 35.2 Å². The third kappa shape index (κ3) is 1.79. The lowest BCUT2D eigenvalue weighted by Crippen LogP contribution is -2.58. The van der Waals surface area contributed by atoms with E-state index in [2.05, 4.69) is 16.8 Å². The predicted molar refractivity (Wildman–Crippen MR) is 80.9 cm³/mol. The van der Waals surface area contributed by atoms with E-state index >= 15 is 0 Å². The van der Waals surface area contributed by atoms with Crippen LogP contribution in [-0.4, -0.2) is 36.5 Å². The molecule has 0 saturated carbocycles. The van der Waals surface area contributed by atoms with Crippen LogP contribution >= 0.6 is 11.3 Å². The first-order chi connectivity index (χ1) is 9.84. The Morgan fingerprint density at radius 2 is 2.10 bits per heavy atom. The van der Waals surface area contributed by atoms with E-state index in [4.69, 9.17) is 0 Å². The predicted octanol–water partition coefficient (Wildman–Crippen LogP) is 2.46. The number of hydrogen-bond acceptors (Lipinski definition) is 3. The maximum atomic E-state index is 12.8. The van der Waals surface area contributed by atoms with Crippen LogP contribution in [0.5, 0.6) is 0 Å². The van der Waals surface area contributed by atoms with Gasteiger partial charge in [0, 0.05) is 41.6 Å². The van der Waals surface area contributed by atoms with Gasteiger partial charge in [0.15, 0.2) is 0 Å². The summed E-state index contributed by atoms with van der Waals surface area (Å²) in [6.07, 6.45) is 0. The highest BCUT2D eigenvalue weighted by atomic mass is 32.1. The number of rotatable bonds is 2. The summed E-state index contributed by atoms with van der Waals surface area (Å²) in [7, 11) is 0. The van der Waals surface area contributed by atoms with E-state index in [0.717, 1.165) is 35.6 Å². The van der Waals surface area contributed by atoms with Gasteiger partial charge in [-0.1, -0.05) is 24.3 Å². The second-order valence-electron chi connectivity index (χ2n) is 5.47. The Balaban J connectivity index is 1.67. The molecule has 3 heterocycles. The quantitative estimate of drug-likeness (QED) is 0.919. The van der Waals surface area contributed by atoms with Crippen molar-refractivity contribution in [3.63, 3.8) is 0 Å². The van der Waals surface area contributed by atoms with Crippen LogP contribution < -0.4 is 5.32 Å². The number of nitrogens with one attached hydrogen (secondary N) is 1. The maximum Gasteiger partial charge on any atom is 0.254 e. The summed E-state index contributed by atoms with van der Waals surface area (Å²) in [4.78, 5) is 16.0. The highest BCUT2D eigenvalue weighted by Gasteiger charge is 2.45. The third-order valence-electron chi connectivity index (χ3n) is 4.34. The first-order valence-corrected chi connectivity index (χ1v) is 7.87. The molecular formula is C16H16N2OS. The first-order valence-electron chi connectivity index (χ1n) is 6.99. The third-order valence-corrected chi connectivity index (χ3v) is 5.24. The van der Waals surface area contributed by atoms with Crippen molar-refractivity contribution in [2.24, 2.45) is 5.92 Å². The van der Waals surface area contributed by atoms with E-state index in [-0.39, 0.29) is 5.91 Å². The normalized spacial score (nSPS) is 24.3. The van der Waals surface area contributed by atoms with E-state index in [9.17, 15) is 4.79 Å². The zero-order valence-electron chi connectivity index (χ0n) is 11.1. The molecule has 2 fully saturated rings. The smallest absolute Gasteiger partial charge is 0.254 e. The fourth-order valence-corrected chi connectivity index (χ4v) is 3.99. The van der Waals surface area contributed by atoms with Crippen LogP contribution in [-0.2, 0) is 0 Å². The van der Waals surface area contributed by atoms with Crippen molar-refractivity contribution >= 4 is 17.2 Å². The molecule has 0 aliphatic carbocycles. The summed E-state index contributed by atoms with van der Waals surface area (Å²) in [5.74, 6) is 0.840. The molecule has 4 heteroatoms. The van der Waals surface area contributed by atoms with Crippen LogP contribution in [0.4, 0.5) is 0 Å². The lowest BCUT2D eigenvalue weighted by atomic mass is 9.90. The van der Waals surface area contributed by atoms with Crippen LogP contribution in [0.15, 0.2) is 41.8 Å². The maximum absolute atomic E-state index is 12.8. The summed E-state index contributed by atoms with van der Waals surface area (Å²) in [5, 5.41) is 5.42. The van der Waals surface area contributed by atoms with Crippen LogP contribution in [0.2, 0.25) is 0 Å². The standard InChI is InChI=1S/C16H16N2OS/c19-16(18-10-11-8-17-9-14(11)18)13-5-2-1-4-12(13)15-6-3-7-20-15/h1-7,11,14,17H,8-10H2. The van der Waals surface area contributed by atoms with Crippen LogP contribution in [0.1, 0.15) is 10.4 Å². The van der Waals surface area contributed by atoms with Gasteiger partial charge in [0.2, 0.25) is 0 Å². The van der Waals surface area contributed by atoms with Gasteiger partial charge in [-0.05, 0) is 17.5 Å². The van der Waals surface area contributed by atoms with E-state index < -0.39 is 0 Å². The van der Waals surface area contributed by atoms with Crippen molar-refractivity contribution in [2.75, 3.05) is 19.6 Å². The van der Waals surface area contributed by atoms with Gasteiger partial charge in [-0.3, -0.25) is 4.79 Å². The minimum absolute atomic E-state index is 0.180. The van der Waals surface area contributed by atoms with Gasteiger partial charge >= 0.3 is 0 Å². The zero-order valence-corrected chi connectivity index (χ0v) is 11.9. The minimum Gasteiger partial charge on any atom is -0.334 e. The average Bonchev–Trinajstić information content (AvgIpc) is 3.09. The van der Waals surface area contributed by atoms with Crippen molar-refractivity contribution in [2.45, 2.75) is 6.04 Å². The molecule has 0 radical (unpaired) electrons. The van der Waals surface area contributed by atoms with Crippen molar-refractivity contribution in [3.05, 3.63) is 47.3 Å². The van der Waals surface area contributed by atoms with E-state index in [1.54, 1.807) is 11.3 Å². The number of thiophene rings is 1. The second-order valence-corrected chi connectivity index (χ2v) is 6.41. The van der Waals surface area contributed by atoms with Gasteiger partial charge in [0.05, 0.1) is 6.04 Å². The number of nitrogens with zero attached hydrogens (tertiary/aromatic N) is 1. The number of benzene rings is 1. The molecule has 20 heavy (non-hydrogen) atoms. The van der Waals surface area contributed by atoms with Gasteiger partial charge < -0.3 is 10.2 Å². The Morgan fingerprint density at radius 3 is 2.90 bits per heavy atom. The topological polar surface area (TPSA) is 32.3 Å². The van der Waals surface area contributed by atoms with Crippen LogP contribution in [0.25, 0.3) is 10.4 Å². The van der Waals surface area contributed by atoms with Crippen molar-refractivity contribution in [1.82, 2.24) is 10.2 Å². The Kier molecular flexibility index (Phi) is 2.86. The van der Waals surface area contributed by atoms with Gasteiger partial charge in [-0.2, -0.15) is 0 Å². The fraction of sp³-hybridized carbons (Fsp3) is 0.312.